The molecule has 0 unspecified atom stereocenters. The molecule has 5 nitrogen and oxygen atoms in total. The van der Waals surface area contributed by atoms with Crippen LogP contribution in [0.15, 0.2) is 59.1 Å². The van der Waals surface area contributed by atoms with Crippen molar-refractivity contribution in [2.24, 2.45) is 0 Å². The Kier molecular flexibility index (Phi) is 4.19. The molecular weight excluding hydrogens is 326 g/mol. The lowest BCUT2D eigenvalue weighted by molar-refractivity contribution is 0.398. The monoisotopic (exact) mass is 343 g/mol. The second-order valence-corrected chi connectivity index (χ2v) is 5.89. The Bertz CT molecular complexity index is 1100. The molecule has 0 aliphatic rings. The standard InChI is InChI=1S/C21H17N3O2/c1-14-7-3-5-9-17(14)21-23-19(24-26-21)12-11-16-13-15-8-4-6-10-18(15)22-20(16)25-2/h3-13H,1-2H3/b12-11+. The first-order chi connectivity index (χ1) is 12.7. The topological polar surface area (TPSA) is 61.0 Å². The van der Waals surface area contributed by atoms with E-state index in [1.807, 2.05) is 67.6 Å². The first kappa shape index (κ1) is 16.0. The lowest BCUT2D eigenvalue weighted by Crippen LogP contribution is -1.92. The van der Waals surface area contributed by atoms with Gasteiger partial charge in [-0.3, -0.25) is 0 Å². The summed E-state index contributed by atoms with van der Waals surface area (Å²) in [6.07, 6.45) is 3.67. The molecule has 0 saturated carbocycles. The van der Waals surface area contributed by atoms with Crippen LogP contribution in [0.4, 0.5) is 0 Å². The summed E-state index contributed by atoms with van der Waals surface area (Å²) in [5.74, 6) is 1.56. The zero-order valence-electron chi connectivity index (χ0n) is 14.5. The van der Waals surface area contributed by atoms with Crippen molar-refractivity contribution >= 4 is 23.1 Å². The maximum Gasteiger partial charge on any atom is 0.258 e. The Balaban J connectivity index is 1.67. The molecule has 4 aromatic rings. The summed E-state index contributed by atoms with van der Waals surface area (Å²) in [7, 11) is 1.61. The van der Waals surface area contributed by atoms with Gasteiger partial charge in [-0.15, -0.1) is 0 Å². The number of fused-ring (bicyclic) bond motifs is 1. The van der Waals surface area contributed by atoms with E-state index in [1.54, 1.807) is 13.2 Å². The molecule has 0 amide bonds. The van der Waals surface area contributed by atoms with Crippen molar-refractivity contribution < 1.29 is 9.26 Å². The van der Waals surface area contributed by atoms with E-state index in [-0.39, 0.29) is 0 Å². The van der Waals surface area contributed by atoms with E-state index >= 15 is 0 Å². The van der Waals surface area contributed by atoms with Gasteiger partial charge >= 0.3 is 0 Å². The molecule has 128 valence electrons. The third-order valence-corrected chi connectivity index (χ3v) is 4.14. The van der Waals surface area contributed by atoms with Crippen molar-refractivity contribution in [1.29, 1.82) is 0 Å². The molecule has 5 heteroatoms. The average Bonchev–Trinajstić information content (AvgIpc) is 3.14. The van der Waals surface area contributed by atoms with Crippen molar-refractivity contribution in [2.45, 2.75) is 6.92 Å². The molecule has 0 N–H and O–H groups in total. The molecule has 0 saturated heterocycles. The minimum absolute atomic E-state index is 0.499. The first-order valence-electron chi connectivity index (χ1n) is 8.26. The number of aryl methyl sites for hydroxylation is 1. The molecule has 0 aliphatic carbocycles. The van der Waals surface area contributed by atoms with Crippen LogP contribution in [0.25, 0.3) is 34.5 Å². The van der Waals surface area contributed by atoms with Crippen molar-refractivity contribution in [3.8, 4) is 17.3 Å². The number of ether oxygens (including phenoxy) is 1. The Labute approximate surface area is 151 Å². The fourth-order valence-corrected chi connectivity index (χ4v) is 2.79. The van der Waals surface area contributed by atoms with Crippen LogP contribution in [-0.2, 0) is 0 Å². The zero-order valence-corrected chi connectivity index (χ0v) is 14.5. The third-order valence-electron chi connectivity index (χ3n) is 4.14. The zero-order chi connectivity index (χ0) is 17.9. The van der Waals surface area contributed by atoms with E-state index in [1.165, 1.54) is 0 Å². The van der Waals surface area contributed by atoms with Gasteiger partial charge in [-0.2, -0.15) is 4.98 Å². The predicted octanol–water partition coefficient (Wildman–Crippen LogP) is 4.77. The number of aromatic nitrogens is 3. The summed E-state index contributed by atoms with van der Waals surface area (Å²) in [5, 5.41) is 5.08. The van der Waals surface area contributed by atoms with Gasteiger partial charge in [0.2, 0.25) is 5.88 Å². The largest absolute Gasteiger partial charge is 0.481 e. The predicted molar refractivity (Wildman–Crippen MR) is 102 cm³/mol. The molecular formula is C21H17N3O2. The molecule has 26 heavy (non-hydrogen) atoms. The average molecular weight is 343 g/mol. The van der Waals surface area contributed by atoms with E-state index in [2.05, 4.69) is 15.1 Å². The summed E-state index contributed by atoms with van der Waals surface area (Å²) < 4.78 is 10.8. The molecule has 0 atom stereocenters. The second kappa shape index (κ2) is 6.80. The number of para-hydroxylation sites is 1. The third kappa shape index (κ3) is 3.07. The van der Waals surface area contributed by atoms with Crippen LogP contribution in [0.2, 0.25) is 0 Å². The number of rotatable bonds is 4. The van der Waals surface area contributed by atoms with Gasteiger partial charge in [0, 0.05) is 16.5 Å². The van der Waals surface area contributed by atoms with E-state index in [4.69, 9.17) is 9.26 Å². The minimum Gasteiger partial charge on any atom is -0.481 e. The molecule has 2 aromatic heterocycles. The number of hydrogen-bond acceptors (Lipinski definition) is 5. The normalized spacial score (nSPS) is 11.3. The molecule has 0 spiro atoms. The highest BCUT2D eigenvalue weighted by atomic mass is 16.5. The minimum atomic E-state index is 0.499. The van der Waals surface area contributed by atoms with Crippen LogP contribution >= 0.6 is 0 Å². The second-order valence-electron chi connectivity index (χ2n) is 5.89. The van der Waals surface area contributed by atoms with Crippen molar-refractivity contribution in [1.82, 2.24) is 15.1 Å². The molecule has 2 heterocycles. The summed E-state index contributed by atoms with van der Waals surface area (Å²) in [6.45, 7) is 2.01. The number of methoxy groups -OCH3 is 1. The number of pyridine rings is 1. The quantitative estimate of drug-likeness (QED) is 0.534. The van der Waals surface area contributed by atoms with Gasteiger partial charge in [-0.25, -0.2) is 4.98 Å². The van der Waals surface area contributed by atoms with Gasteiger partial charge < -0.3 is 9.26 Å². The van der Waals surface area contributed by atoms with Crippen molar-refractivity contribution in [2.75, 3.05) is 7.11 Å². The van der Waals surface area contributed by atoms with E-state index < -0.39 is 0 Å². The van der Waals surface area contributed by atoms with Crippen LogP contribution in [0.5, 0.6) is 5.88 Å². The Morgan fingerprint density at radius 2 is 1.77 bits per heavy atom. The fourth-order valence-electron chi connectivity index (χ4n) is 2.79. The number of hydrogen-bond donors (Lipinski definition) is 0. The molecule has 2 aromatic carbocycles. The summed E-state index contributed by atoms with van der Waals surface area (Å²) in [5.41, 5.74) is 3.77. The Morgan fingerprint density at radius 1 is 0.962 bits per heavy atom. The van der Waals surface area contributed by atoms with Gasteiger partial charge in [0.1, 0.15) is 0 Å². The van der Waals surface area contributed by atoms with Gasteiger partial charge in [0.05, 0.1) is 12.6 Å². The van der Waals surface area contributed by atoms with Gasteiger partial charge in [-0.1, -0.05) is 41.6 Å². The highest BCUT2D eigenvalue weighted by Gasteiger charge is 2.10. The maximum atomic E-state index is 5.41. The Morgan fingerprint density at radius 3 is 2.62 bits per heavy atom. The van der Waals surface area contributed by atoms with Gasteiger partial charge in [0.25, 0.3) is 5.89 Å². The van der Waals surface area contributed by atoms with E-state index in [0.717, 1.165) is 27.6 Å². The molecule has 0 bridgehead atoms. The highest BCUT2D eigenvalue weighted by Crippen LogP contribution is 2.25. The summed E-state index contributed by atoms with van der Waals surface area (Å²) >= 11 is 0. The lowest BCUT2D eigenvalue weighted by Gasteiger charge is -2.05. The molecule has 0 radical (unpaired) electrons. The smallest absolute Gasteiger partial charge is 0.258 e. The van der Waals surface area contributed by atoms with Crippen LogP contribution < -0.4 is 4.74 Å². The lowest BCUT2D eigenvalue weighted by atomic mass is 10.1. The summed E-state index contributed by atoms with van der Waals surface area (Å²) in [6, 6.07) is 17.9. The van der Waals surface area contributed by atoms with Crippen molar-refractivity contribution in [3.05, 3.63) is 71.5 Å². The summed E-state index contributed by atoms with van der Waals surface area (Å²) in [4.78, 5) is 8.98. The number of benzene rings is 2. The highest BCUT2D eigenvalue weighted by molar-refractivity contribution is 5.84. The van der Waals surface area contributed by atoms with Crippen LogP contribution in [0, 0.1) is 6.92 Å². The van der Waals surface area contributed by atoms with Crippen molar-refractivity contribution in [3.63, 3.8) is 0 Å². The fraction of sp³-hybridized carbons (Fsp3) is 0.0952. The molecule has 0 fully saturated rings. The maximum absolute atomic E-state index is 5.41. The van der Waals surface area contributed by atoms with Gasteiger partial charge in [0.15, 0.2) is 5.82 Å². The molecule has 0 aliphatic heterocycles. The van der Waals surface area contributed by atoms with Crippen LogP contribution in [-0.4, -0.2) is 22.2 Å². The number of nitrogens with zero attached hydrogens (tertiary/aromatic N) is 3. The van der Waals surface area contributed by atoms with Crippen LogP contribution in [0.1, 0.15) is 17.0 Å². The van der Waals surface area contributed by atoms with Gasteiger partial charge in [-0.05, 0) is 42.8 Å². The van der Waals surface area contributed by atoms with E-state index in [0.29, 0.717) is 17.6 Å². The SMILES string of the molecule is COc1nc2ccccc2cc1/C=C/c1noc(-c2ccccc2C)n1. The first-order valence-corrected chi connectivity index (χ1v) is 8.26. The molecule has 4 rings (SSSR count). The van der Waals surface area contributed by atoms with Crippen LogP contribution in [0.3, 0.4) is 0 Å². The Hall–Kier alpha value is -3.47. The van der Waals surface area contributed by atoms with E-state index in [9.17, 15) is 0 Å².